The molecule has 7 heteroatoms. The maximum Gasteiger partial charge on any atom is 0.273 e. The molecule has 0 aliphatic rings. The molecule has 0 aliphatic heterocycles. The van der Waals surface area contributed by atoms with Gasteiger partial charge in [0.25, 0.3) is 5.24 Å². The third kappa shape index (κ3) is 3.85. The SMILES string of the molecule is Cc1c(C(=O)Cl)nn(Cc2ccc(Cl)c(Cl)c2)c1-c1ccc(Cl)cc1. The third-order valence-electron chi connectivity index (χ3n) is 3.81. The van der Waals surface area contributed by atoms with Crippen LogP contribution < -0.4 is 0 Å². The summed E-state index contributed by atoms with van der Waals surface area (Å²) in [6, 6.07) is 12.7. The van der Waals surface area contributed by atoms with Crippen LogP contribution in [0.1, 0.15) is 21.6 Å². The first-order valence-corrected chi connectivity index (χ1v) is 8.85. The fraction of sp³-hybridized carbons (Fsp3) is 0.111. The van der Waals surface area contributed by atoms with Crippen LogP contribution in [0.15, 0.2) is 42.5 Å². The van der Waals surface area contributed by atoms with E-state index in [0.29, 0.717) is 27.2 Å². The van der Waals surface area contributed by atoms with Crippen LogP contribution in [-0.4, -0.2) is 15.0 Å². The summed E-state index contributed by atoms with van der Waals surface area (Å²) in [5.41, 5.74) is 3.53. The number of aromatic nitrogens is 2. The molecule has 0 N–H and O–H groups in total. The van der Waals surface area contributed by atoms with Crippen molar-refractivity contribution in [1.29, 1.82) is 0 Å². The molecule has 0 saturated carbocycles. The Morgan fingerprint density at radius 3 is 2.32 bits per heavy atom. The molecule has 0 aliphatic carbocycles. The molecule has 0 radical (unpaired) electrons. The van der Waals surface area contributed by atoms with Crippen molar-refractivity contribution in [3.8, 4) is 11.3 Å². The van der Waals surface area contributed by atoms with Gasteiger partial charge >= 0.3 is 0 Å². The molecule has 1 heterocycles. The van der Waals surface area contributed by atoms with Crippen molar-refractivity contribution in [3.05, 3.63) is 74.4 Å². The number of benzene rings is 2. The highest BCUT2D eigenvalue weighted by molar-refractivity contribution is 6.67. The first-order valence-electron chi connectivity index (χ1n) is 7.34. The molecule has 0 amide bonds. The lowest BCUT2D eigenvalue weighted by molar-refractivity contribution is 0.107. The summed E-state index contributed by atoms with van der Waals surface area (Å²) in [6.07, 6.45) is 0. The molecule has 3 rings (SSSR count). The largest absolute Gasteiger partial charge is 0.274 e. The van der Waals surface area contributed by atoms with Gasteiger partial charge in [-0.15, -0.1) is 0 Å². The standard InChI is InChI=1S/C18H12Cl4N2O/c1-10-16(18(22)25)23-24(9-11-2-7-14(20)15(21)8-11)17(10)12-3-5-13(19)6-4-12/h2-8H,9H2,1H3. The maximum absolute atomic E-state index is 11.7. The zero-order valence-corrected chi connectivity index (χ0v) is 16.1. The van der Waals surface area contributed by atoms with Gasteiger partial charge in [-0.05, 0) is 48.4 Å². The molecule has 128 valence electrons. The van der Waals surface area contributed by atoms with Gasteiger partial charge in [0.2, 0.25) is 0 Å². The lowest BCUT2D eigenvalue weighted by Gasteiger charge is -2.10. The number of halogens is 4. The van der Waals surface area contributed by atoms with Gasteiger partial charge in [-0.25, -0.2) is 0 Å². The van der Waals surface area contributed by atoms with E-state index in [9.17, 15) is 4.79 Å². The minimum Gasteiger partial charge on any atom is -0.274 e. The van der Waals surface area contributed by atoms with Crippen LogP contribution in [0.5, 0.6) is 0 Å². The van der Waals surface area contributed by atoms with E-state index in [1.54, 1.807) is 28.9 Å². The summed E-state index contributed by atoms with van der Waals surface area (Å²) in [4.78, 5) is 11.7. The molecule has 0 saturated heterocycles. The Kier molecular flexibility index (Phi) is 5.40. The molecule has 2 aromatic carbocycles. The molecule has 0 atom stereocenters. The summed E-state index contributed by atoms with van der Waals surface area (Å²) in [5, 5.41) is 5.36. The van der Waals surface area contributed by atoms with Gasteiger partial charge in [-0.2, -0.15) is 5.10 Å². The van der Waals surface area contributed by atoms with Crippen molar-refractivity contribution in [2.24, 2.45) is 0 Å². The Labute approximate surface area is 165 Å². The second-order valence-corrected chi connectivity index (χ2v) is 7.10. The van der Waals surface area contributed by atoms with Crippen LogP contribution in [0.4, 0.5) is 0 Å². The minimum atomic E-state index is -0.597. The molecule has 3 nitrogen and oxygen atoms in total. The Balaban J connectivity index is 2.11. The van der Waals surface area contributed by atoms with E-state index in [-0.39, 0.29) is 5.69 Å². The van der Waals surface area contributed by atoms with Gasteiger partial charge < -0.3 is 0 Å². The molecule has 0 bridgehead atoms. The predicted octanol–water partition coefficient (Wildman–Crippen LogP) is 6.25. The van der Waals surface area contributed by atoms with Crippen molar-refractivity contribution < 1.29 is 4.79 Å². The van der Waals surface area contributed by atoms with Gasteiger partial charge in [-0.3, -0.25) is 9.48 Å². The topological polar surface area (TPSA) is 34.9 Å². The van der Waals surface area contributed by atoms with E-state index in [0.717, 1.165) is 16.8 Å². The number of rotatable bonds is 4. The maximum atomic E-state index is 11.7. The molecule has 3 aromatic rings. The van der Waals surface area contributed by atoms with E-state index in [2.05, 4.69) is 5.10 Å². The molecule has 0 fully saturated rings. The predicted molar refractivity (Wildman–Crippen MR) is 103 cm³/mol. The Hall–Kier alpha value is -1.52. The Morgan fingerprint density at radius 2 is 1.72 bits per heavy atom. The third-order valence-corrected chi connectivity index (χ3v) is 4.98. The minimum absolute atomic E-state index is 0.228. The number of nitrogens with zero attached hydrogens (tertiary/aromatic N) is 2. The highest BCUT2D eigenvalue weighted by Gasteiger charge is 2.20. The number of carbonyl (C=O) groups is 1. The second kappa shape index (κ2) is 7.38. The lowest BCUT2D eigenvalue weighted by atomic mass is 10.1. The molecular formula is C18H12Cl4N2O. The molecule has 0 unspecified atom stereocenters. The van der Waals surface area contributed by atoms with Crippen molar-refractivity contribution in [3.63, 3.8) is 0 Å². The molecule has 1 aromatic heterocycles. The van der Waals surface area contributed by atoms with E-state index in [1.165, 1.54) is 0 Å². The van der Waals surface area contributed by atoms with Crippen molar-refractivity contribution in [2.75, 3.05) is 0 Å². The van der Waals surface area contributed by atoms with E-state index >= 15 is 0 Å². The summed E-state index contributed by atoms with van der Waals surface area (Å²) >= 11 is 23.7. The first kappa shape index (κ1) is 18.3. The van der Waals surface area contributed by atoms with Crippen LogP contribution in [0.3, 0.4) is 0 Å². The fourth-order valence-corrected chi connectivity index (χ4v) is 3.26. The summed E-state index contributed by atoms with van der Waals surface area (Å²) in [7, 11) is 0. The average Bonchev–Trinajstić information content (AvgIpc) is 2.88. The lowest BCUT2D eigenvalue weighted by Crippen LogP contribution is -2.05. The summed E-state index contributed by atoms with van der Waals surface area (Å²) < 4.78 is 1.73. The number of carbonyl (C=O) groups excluding carboxylic acids is 1. The summed E-state index contributed by atoms with van der Waals surface area (Å²) in [5.74, 6) is 0. The highest BCUT2D eigenvalue weighted by atomic mass is 35.5. The Bertz CT molecular complexity index is 948. The zero-order chi connectivity index (χ0) is 18.1. The van der Waals surface area contributed by atoms with Crippen molar-refractivity contribution >= 4 is 51.6 Å². The second-order valence-electron chi connectivity index (χ2n) is 5.51. The van der Waals surface area contributed by atoms with E-state index < -0.39 is 5.24 Å². The van der Waals surface area contributed by atoms with Crippen LogP contribution in [0, 0.1) is 6.92 Å². The Morgan fingerprint density at radius 1 is 1.04 bits per heavy atom. The van der Waals surface area contributed by atoms with Gasteiger partial charge in [0.1, 0.15) is 5.69 Å². The van der Waals surface area contributed by atoms with Gasteiger partial charge in [0, 0.05) is 16.1 Å². The number of hydrogen-bond donors (Lipinski definition) is 0. The van der Waals surface area contributed by atoms with Gasteiger partial charge in [0.15, 0.2) is 0 Å². The fourth-order valence-electron chi connectivity index (χ4n) is 2.64. The van der Waals surface area contributed by atoms with Gasteiger partial charge in [-0.1, -0.05) is 53.0 Å². The first-order chi connectivity index (χ1) is 11.9. The van der Waals surface area contributed by atoms with E-state index in [4.69, 9.17) is 46.4 Å². The molecular weight excluding hydrogens is 402 g/mol. The van der Waals surface area contributed by atoms with E-state index in [1.807, 2.05) is 25.1 Å². The van der Waals surface area contributed by atoms with Crippen molar-refractivity contribution in [2.45, 2.75) is 13.5 Å². The van der Waals surface area contributed by atoms with Crippen LogP contribution in [-0.2, 0) is 6.54 Å². The average molecular weight is 414 g/mol. The quantitative estimate of drug-likeness (QED) is 0.474. The normalized spacial score (nSPS) is 10.9. The zero-order valence-electron chi connectivity index (χ0n) is 13.1. The highest BCUT2D eigenvalue weighted by Crippen LogP contribution is 2.29. The smallest absolute Gasteiger partial charge is 0.273 e. The monoisotopic (exact) mass is 412 g/mol. The van der Waals surface area contributed by atoms with Crippen LogP contribution >= 0.6 is 46.4 Å². The molecule has 25 heavy (non-hydrogen) atoms. The molecule has 0 spiro atoms. The number of hydrogen-bond acceptors (Lipinski definition) is 2. The van der Waals surface area contributed by atoms with Crippen molar-refractivity contribution in [1.82, 2.24) is 9.78 Å². The van der Waals surface area contributed by atoms with Crippen LogP contribution in [0.2, 0.25) is 15.1 Å². The van der Waals surface area contributed by atoms with Crippen LogP contribution in [0.25, 0.3) is 11.3 Å². The van der Waals surface area contributed by atoms with Gasteiger partial charge in [0.05, 0.1) is 22.3 Å². The summed E-state index contributed by atoms with van der Waals surface area (Å²) in [6.45, 7) is 2.23.